The number of rotatable bonds is 6. The minimum absolute atomic E-state index is 0.0719. The zero-order chi connectivity index (χ0) is 32.5. The quantitative estimate of drug-likeness (QED) is 0.159. The number of ether oxygens (including phenoxy) is 1. The Morgan fingerprint density at radius 1 is 0.911 bits per heavy atom. The molecule has 6 rings (SSSR count). The number of aromatic amines is 2. The first-order valence-electron chi connectivity index (χ1n) is 15.5. The first kappa shape index (κ1) is 30.4. The van der Waals surface area contributed by atoms with Crippen LogP contribution in [0.1, 0.15) is 137 Å². The van der Waals surface area contributed by atoms with Crippen LogP contribution in [-0.4, -0.2) is 55.7 Å². The van der Waals surface area contributed by atoms with E-state index >= 15 is 0 Å². The summed E-state index contributed by atoms with van der Waals surface area (Å²) in [6.45, 7) is 11.5. The van der Waals surface area contributed by atoms with Crippen LogP contribution in [0.2, 0.25) is 0 Å². The van der Waals surface area contributed by atoms with Gasteiger partial charge in [0.15, 0.2) is 11.6 Å². The van der Waals surface area contributed by atoms with Crippen molar-refractivity contribution in [3.8, 4) is 0 Å². The van der Waals surface area contributed by atoms with Crippen LogP contribution >= 0.6 is 0 Å². The summed E-state index contributed by atoms with van der Waals surface area (Å²) >= 11 is 0. The summed E-state index contributed by atoms with van der Waals surface area (Å²) in [5.74, 6) is -3.69. The maximum absolute atomic E-state index is 14.0. The molecule has 0 spiro atoms. The van der Waals surface area contributed by atoms with Crippen LogP contribution in [0, 0.1) is 13.8 Å². The van der Waals surface area contributed by atoms with E-state index in [-0.39, 0.29) is 48.1 Å². The maximum Gasteiger partial charge on any atom is 0.321 e. The fourth-order valence-corrected chi connectivity index (χ4v) is 7.61. The zero-order valence-corrected chi connectivity index (χ0v) is 26.6. The number of H-pyrrole nitrogens is 2. The van der Waals surface area contributed by atoms with Gasteiger partial charge in [-0.25, -0.2) is 0 Å². The molecular weight excluding hydrogens is 572 g/mol. The molecule has 5 atom stereocenters. The third-order valence-electron chi connectivity index (χ3n) is 10.1. The molecule has 0 saturated heterocycles. The number of ketones is 2. The Hall–Kier alpha value is -4.60. The molecule has 1 aliphatic carbocycles. The number of Topliss-reactive ketones (excluding diaryl/α,β-unsaturated/α-hetero) is 2. The highest BCUT2D eigenvalue weighted by Gasteiger charge is 2.45. The van der Waals surface area contributed by atoms with E-state index in [2.05, 4.69) is 23.8 Å². The largest absolute Gasteiger partial charge is 0.481 e. The van der Waals surface area contributed by atoms with Crippen LogP contribution in [0.15, 0.2) is 18.2 Å². The van der Waals surface area contributed by atoms with Crippen molar-refractivity contribution in [2.24, 2.45) is 0 Å². The van der Waals surface area contributed by atoms with Crippen LogP contribution in [0.25, 0.3) is 22.1 Å². The molecule has 3 aromatic heterocycles. The van der Waals surface area contributed by atoms with Gasteiger partial charge in [0.05, 0.1) is 23.8 Å². The van der Waals surface area contributed by atoms with Crippen LogP contribution in [0.3, 0.4) is 0 Å². The van der Waals surface area contributed by atoms with Gasteiger partial charge in [-0.3, -0.25) is 29.1 Å². The Morgan fingerprint density at radius 3 is 2.18 bits per heavy atom. The van der Waals surface area contributed by atoms with E-state index in [1.807, 2.05) is 39.0 Å². The molecule has 2 aliphatic heterocycles. The van der Waals surface area contributed by atoms with Crippen LogP contribution in [0.5, 0.6) is 0 Å². The van der Waals surface area contributed by atoms with Gasteiger partial charge in [-0.15, -0.1) is 0 Å². The van der Waals surface area contributed by atoms with Crippen molar-refractivity contribution in [1.82, 2.24) is 19.9 Å². The number of carbonyl (C=O) groups is 4. The first-order chi connectivity index (χ1) is 21.4. The third-order valence-corrected chi connectivity index (χ3v) is 10.1. The SMILES string of the molecule is CCC1c2cc3[nH]c4c(c3C)C(=O)C(C(=O)OC)c4c3nc(cc4[nH]c(cc(n2)C1C)c(C(C)=O)c4C)C(C)C3CCC(=O)O. The predicted octanol–water partition coefficient (Wildman–Crippen LogP) is 6.64. The van der Waals surface area contributed by atoms with Crippen molar-refractivity contribution >= 4 is 45.6 Å². The van der Waals surface area contributed by atoms with Crippen LogP contribution in [-0.2, 0) is 14.3 Å². The topological polar surface area (TPSA) is 155 Å². The average molecular weight is 611 g/mol. The Labute approximate surface area is 260 Å². The molecule has 5 heterocycles. The van der Waals surface area contributed by atoms with Crippen LogP contribution < -0.4 is 0 Å². The molecule has 10 heteroatoms. The molecule has 0 aromatic carbocycles. The normalized spacial score (nSPS) is 22.1. The lowest BCUT2D eigenvalue weighted by Gasteiger charge is -2.18. The summed E-state index contributed by atoms with van der Waals surface area (Å²) < 4.78 is 5.13. The van der Waals surface area contributed by atoms with E-state index in [0.717, 1.165) is 28.9 Å². The second kappa shape index (κ2) is 11.1. The van der Waals surface area contributed by atoms with E-state index < -0.39 is 17.9 Å². The molecule has 0 fully saturated rings. The number of hydrogen-bond donors (Lipinski definition) is 3. The lowest BCUT2D eigenvalue weighted by molar-refractivity contribution is -0.141. The molecule has 3 N–H and O–H groups in total. The number of fused-ring (bicyclic) bond motifs is 8. The number of nitrogens with one attached hydrogen (secondary N) is 2. The lowest BCUT2D eigenvalue weighted by Crippen LogP contribution is -2.21. The number of esters is 1. The number of aromatic nitrogens is 4. The fraction of sp³-hybridized carbons (Fsp3) is 0.429. The van der Waals surface area contributed by atoms with E-state index in [9.17, 15) is 24.3 Å². The van der Waals surface area contributed by atoms with E-state index in [4.69, 9.17) is 14.7 Å². The highest BCUT2D eigenvalue weighted by atomic mass is 16.5. The average Bonchev–Trinajstić information content (AvgIpc) is 3.72. The molecule has 45 heavy (non-hydrogen) atoms. The number of hydrogen-bond acceptors (Lipinski definition) is 7. The van der Waals surface area contributed by atoms with Gasteiger partial charge in [-0.1, -0.05) is 20.8 Å². The van der Waals surface area contributed by atoms with E-state index in [0.29, 0.717) is 50.2 Å². The molecule has 0 saturated carbocycles. The van der Waals surface area contributed by atoms with Crippen molar-refractivity contribution in [2.75, 3.05) is 7.11 Å². The molecule has 3 aliphatic rings. The molecular formula is C35H38N4O6. The fourth-order valence-electron chi connectivity index (χ4n) is 7.61. The van der Waals surface area contributed by atoms with Gasteiger partial charge in [0, 0.05) is 74.9 Å². The molecule has 3 aromatic rings. The summed E-state index contributed by atoms with van der Waals surface area (Å²) in [6, 6.07) is 5.84. The minimum Gasteiger partial charge on any atom is -0.481 e. The zero-order valence-electron chi connectivity index (χ0n) is 26.6. The number of carboxylic acids is 1. The van der Waals surface area contributed by atoms with E-state index in [1.165, 1.54) is 7.11 Å². The van der Waals surface area contributed by atoms with Crippen molar-refractivity contribution in [3.63, 3.8) is 0 Å². The third kappa shape index (κ3) is 4.69. The van der Waals surface area contributed by atoms with Gasteiger partial charge in [0.2, 0.25) is 0 Å². The molecule has 0 radical (unpaired) electrons. The van der Waals surface area contributed by atoms with Crippen molar-refractivity contribution in [2.45, 2.75) is 90.4 Å². The summed E-state index contributed by atoms with van der Waals surface area (Å²) in [7, 11) is 1.25. The number of aryl methyl sites for hydroxylation is 2. The highest BCUT2D eigenvalue weighted by molar-refractivity contribution is 6.23. The molecule has 5 unspecified atom stereocenters. The van der Waals surface area contributed by atoms with Gasteiger partial charge < -0.3 is 19.8 Å². The standard InChI is InChI=1S/C35H38N4O6/c1-8-19-14(2)21-13-26-28(18(6)40)16(4)23(37-26)11-22-15(3)20(9-10-27(41)42)32(38-22)30-31(35(44)45-7)34(43)29-17(5)24(39-33(29)30)12-25(19)36-21/h11-15,19-20,31,37,39H,8-10H2,1-7H3,(H,41,42). The van der Waals surface area contributed by atoms with E-state index in [1.54, 1.807) is 6.92 Å². The monoisotopic (exact) mass is 610 g/mol. The minimum atomic E-state index is -1.22. The van der Waals surface area contributed by atoms with Gasteiger partial charge >= 0.3 is 11.9 Å². The van der Waals surface area contributed by atoms with Crippen molar-refractivity contribution in [3.05, 3.63) is 68.8 Å². The maximum atomic E-state index is 14.0. The predicted molar refractivity (Wildman–Crippen MR) is 169 cm³/mol. The van der Waals surface area contributed by atoms with Gasteiger partial charge in [-0.2, -0.15) is 0 Å². The molecule has 10 nitrogen and oxygen atoms in total. The summed E-state index contributed by atoms with van der Waals surface area (Å²) in [5, 5.41) is 9.60. The van der Waals surface area contributed by atoms with Gasteiger partial charge in [-0.05, 0) is 62.9 Å². The summed E-state index contributed by atoms with van der Waals surface area (Å²) in [4.78, 5) is 68.9. The molecule has 8 bridgehead atoms. The Balaban J connectivity index is 1.81. The second-order valence-corrected chi connectivity index (χ2v) is 12.6. The molecule has 0 amide bonds. The number of methoxy groups -OCH3 is 1. The number of carboxylic acid groups (broad SMARTS) is 1. The number of carbonyl (C=O) groups excluding carboxylic acids is 3. The summed E-state index contributed by atoms with van der Waals surface area (Å²) in [5.41, 5.74) is 8.46. The van der Waals surface area contributed by atoms with Gasteiger partial charge in [0.25, 0.3) is 0 Å². The highest BCUT2D eigenvalue weighted by Crippen LogP contribution is 2.48. The Kier molecular flexibility index (Phi) is 7.49. The smallest absolute Gasteiger partial charge is 0.321 e. The summed E-state index contributed by atoms with van der Waals surface area (Å²) in [6.07, 6.45) is 0.999. The lowest BCUT2D eigenvalue weighted by atomic mass is 9.84. The van der Waals surface area contributed by atoms with Crippen LogP contribution in [0.4, 0.5) is 0 Å². The second-order valence-electron chi connectivity index (χ2n) is 12.6. The molecule has 234 valence electrons. The van der Waals surface area contributed by atoms with Gasteiger partial charge in [0.1, 0.15) is 5.92 Å². The van der Waals surface area contributed by atoms with Crippen molar-refractivity contribution in [1.29, 1.82) is 0 Å². The number of nitrogens with zero attached hydrogens (tertiary/aromatic N) is 2. The first-order valence-corrected chi connectivity index (χ1v) is 15.5. The number of aliphatic carboxylic acids is 1. The van der Waals surface area contributed by atoms with Crippen molar-refractivity contribution < 1.29 is 29.0 Å². The Morgan fingerprint density at radius 2 is 1.53 bits per heavy atom. The Bertz CT molecular complexity index is 1970.